The zero-order chi connectivity index (χ0) is 27.8. The lowest BCUT2D eigenvalue weighted by Crippen LogP contribution is -2.44. The second-order valence-electron chi connectivity index (χ2n) is 9.24. The minimum atomic E-state index is -0.747. The summed E-state index contributed by atoms with van der Waals surface area (Å²) in [6.45, 7) is 2.53. The van der Waals surface area contributed by atoms with Crippen LogP contribution in [0.1, 0.15) is 30.6 Å². The van der Waals surface area contributed by atoms with Gasteiger partial charge in [0.25, 0.3) is 5.69 Å². The first kappa shape index (κ1) is 27.1. The lowest BCUT2D eigenvalue weighted by molar-refractivity contribution is -0.384. The Morgan fingerprint density at radius 2 is 2.03 bits per heavy atom. The molecule has 2 aromatic carbocycles. The molecule has 2 amide bonds. The van der Waals surface area contributed by atoms with E-state index in [1.807, 2.05) is 31.3 Å². The molecule has 1 saturated heterocycles. The predicted octanol–water partition coefficient (Wildman–Crippen LogP) is 3.23. The first-order valence-corrected chi connectivity index (χ1v) is 12.6. The molecule has 3 N–H and O–H groups in total. The van der Waals surface area contributed by atoms with Crippen LogP contribution in [0.15, 0.2) is 57.9 Å². The van der Waals surface area contributed by atoms with Gasteiger partial charge < -0.3 is 20.0 Å². The van der Waals surface area contributed by atoms with E-state index >= 15 is 0 Å². The molecular formula is C27H29N7O5. The fourth-order valence-electron chi connectivity index (χ4n) is 4.42. The highest BCUT2D eigenvalue weighted by molar-refractivity contribution is 5.98. The molecule has 0 spiro atoms. The van der Waals surface area contributed by atoms with Crippen LogP contribution >= 0.6 is 0 Å². The van der Waals surface area contributed by atoms with Crippen LogP contribution in [0.2, 0.25) is 0 Å². The molecular weight excluding hydrogens is 502 g/mol. The molecule has 12 nitrogen and oxygen atoms in total. The summed E-state index contributed by atoms with van der Waals surface area (Å²) >= 11 is 0. The van der Waals surface area contributed by atoms with Gasteiger partial charge in [-0.2, -0.15) is 5.26 Å². The number of nitro benzene ring substituents is 1. The van der Waals surface area contributed by atoms with E-state index < -0.39 is 11.0 Å². The number of furan rings is 1. The first-order valence-electron chi connectivity index (χ1n) is 12.6. The molecule has 2 heterocycles. The number of benzene rings is 2. The van der Waals surface area contributed by atoms with Crippen LogP contribution in [0.5, 0.6) is 0 Å². The summed E-state index contributed by atoms with van der Waals surface area (Å²) in [5.74, 6) is 0.348. The van der Waals surface area contributed by atoms with Crippen molar-refractivity contribution in [1.82, 2.24) is 15.5 Å². The monoisotopic (exact) mass is 531 g/mol. The van der Waals surface area contributed by atoms with Crippen LogP contribution < -0.4 is 16.0 Å². The molecule has 1 aliphatic heterocycles. The maximum absolute atomic E-state index is 13.3. The van der Waals surface area contributed by atoms with Gasteiger partial charge in [-0.3, -0.25) is 25.0 Å². The van der Waals surface area contributed by atoms with Gasteiger partial charge in [0.05, 0.1) is 11.5 Å². The number of anilines is 1. The smallest absolute Gasteiger partial charge is 0.269 e. The fourth-order valence-corrected chi connectivity index (χ4v) is 4.42. The minimum absolute atomic E-state index is 0.0112. The number of non-ortho nitro benzene ring substituents is 1. The largest absolute Gasteiger partial charge is 0.461 e. The predicted molar refractivity (Wildman–Crippen MR) is 145 cm³/mol. The van der Waals surface area contributed by atoms with Crippen LogP contribution in [-0.4, -0.2) is 53.3 Å². The number of hydrogen-bond donors (Lipinski definition) is 3. The first-order chi connectivity index (χ1) is 18.8. The van der Waals surface area contributed by atoms with Gasteiger partial charge in [0, 0.05) is 36.3 Å². The molecule has 1 aromatic heterocycles. The molecule has 202 valence electrons. The lowest BCUT2D eigenvalue weighted by atomic mass is 10.1. The average molecular weight is 532 g/mol. The number of rotatable bonds is 8. The Balaban J connectivity index is 1.36. The summed E-state index contributed by atoms with van der Waals surface area (Å²) < 4.78 is 5.60. The quantitative estimate of drug-likeness (QED) is 0.0995. The van der Waals surface area contributed by atoms with Crippen LogP contribution in [-0.2, 0) is 16.0 Å². The van der Waals surface area contributed by atoms with Gasteiger partial charge in [-0.1, -0.05) is 12.1 Å². The average Bonchev–Trinajstić information content (AvgIpc) is 3.20. The molecule has 0 aliphatic carbocycles. The maximum atomic E-state index is 13.3. The zero-order valence-corrected chi connectivity index (χ0v) is 21.5. The molecule has 1 unspecified atom stereocenters. The molecule has 3 aromatic rings. The van der Waals surface area contributed by atoms with E-state index in [1.165, 1.54) is 17.0 Å². The molecule has 0 bridgehead atoms. The Bertz CT molecular complexity index is 1420. The Hall–Kier alpha value is -4.92. The van der Waals surface area contributed by atoms with Gasteiger partial charge in [0.15, 0.2) is 6.19 Å². The van der Waals surface area contributed by atoms with Gasteiger partial charge in [-0.25, -0.2) is 4.99 Å². The fraction of sp³-hybridized carbons (Fsp3) is 0.333. The van der Waals surface area contributed by atoms with Crippen molar-refractivity contribution >= 4 is 40.1 Å². The number of amides is 2. The third-order valence-corrected chi connectivity index (χ3v) is 6.33. The normalized spacial score (nSPS) is 15.9. The van der Waals surface area contributed by atoms with Crippen LogP contribution in [0.25, 0.3) is 11.0 Å². The summed E-state index contributed by atoms with van der Waals surface area (Å²) in [5, 5.41) is 29.3. The standard InChI is InChI=1S/C27H29N7O5/c1-18-14-20-15-21(7-10-24(20)39-18)31-27(30-17-28)32-23-4-2-3-13-33(26(23)36)16-25(35)29-12-11-19-5-8-22(9-6-19)34(37)38/h5-10,14-15,23H,2-4,11-13,16H2,1H3,(H,29,35)(H2,30,31,32). The second kappa shape index (κ2) is 12.6. The SMILES string of the molecule is Cc1cc2cc(NC(=NC3CCCCN(CC(=O)NCCc4ccc([N+](=O)[O-])cc4)C3=O)NC#N)ccc2o1. The van der Waals surface area contributed by atoms with E-state index in [0.29, 0.717) is 31.6 Å². The number of fused-ring (bicyclic) bond motifs is 1. The molecule has 39 heavy (non-hydrogen) atoms. The second-order valence-corrected chi connectivity index (χ2v) is 9.24. The van der Waals surface area contributed by atoms with E-state index in [1.54, 1.807) is 18.2 Å². The summed E-state index contributed by atoms with van der Waals surface area (Å²) in [6, 6.07) is 12.8. The molecule has 1 fully saturated rings. The Kier molecular flexibility index (Phi) is 8.73. The van der Waals surface area contributed by atoms with Gasteiger partial charge >= 0.3 is 0 Å². The molecule has 1 aliphatic rings. The van der Waals surface area contributed by atoms with Crippen molar-refractivity contribution < 1.29 is 18.9 Å². The third kappa shape index (κ3) is 7.32. The number of carbonyl (C=O) groups excluding carboxylic acids is 2. The van der Waals surface area contributed by atoms with Crippen molar-refractivity contribution in [3.05, 3.63) is 70.0 Å². The van der Waals surface area contributed by atoms with Crippen LogP contribution in [0.4, 0.5) is 11.4 Å². The number of aliphatic imine (C=N–C) groups is 1. The number of nitrogens with zero attached hydrogens (tertiary/aromatic N) is 4. The number of hydrogen-bond acceptors (Lipinski definition) is 7. The maximum Gasteiger partial charge on any atom is 0.269 e. The van der Waals surface area contributed by atoms with E-state index in [4.69, 9.17) is 4.42 Å². The topological polar surface area (TPSA) is 166 Å². The molecule has 0 radical (unpaired) electrons. The minimum Gasteiger partial charge on any atom is -0.461 e. The third-order valence-electron chi connectivity index (χ3n) is 6.33. The lowest BCUT2D eigenvalue weighted by Gasteiger charge is -2.22. The van der Waals surface area contributed by atoms with E-state index in [9.17, 15) is 25.0 Å². The number of aryl methyl sites for hydroxylation is 1. The zero-order valence-electron chi connectivity index (χ0n) is 21.5. The number of likely N-dealkylation sites (tertiary alicyclic amines) is 1. The highest BCUT2D eigenvalue weighted by Crippen LogP contribution is 2.23. The summed E-state index contributed by atoms with van der Waals surface area (Å²) in [6.07, 6.45) is 4.34. The van der Waals surface area contributed by atoms with Gasteiger partial charge in [0.2, 0.25) is 17.8 Å². The number of guanidine groups is 1. The van der Waals surface area contributed by atoms with E-state index in [-0.39, 0.29) is 30.0 Å². The Labute approximate surface area is 224 Å². The number of nitrogens with one attached hydrogen (secondary N) is 3. The molecule has 0 saturated carbocycles. The highest BCUT2D eigenvalue weighted by atomic mass is 16.6. The summed E-state index contributed by atoms with van der Waals surface area (Å²) in [5.41, 5.74) is 2.28. The Morgan fingerprint density at radius 3 is 2.77 bits per heavy atom. The van der Waals surface area contributed by atoms with Crippen molar-refractivity contribution in [3.63, 3.8) is 0 Å². The molecule has 1 atom stereocenters. The van der Waals surface area contributed by atoms with Crippen molar-refractivity contribution in [2.45, 2.75) is 38.6 Å². The van der Waals surface area contributed by atoms with E-state index in [2.05, 4.69) is 20.9 Å². The summed E-state index contributed by atoms with van der Waals surface area (Å²) in [7, 11) is 0. The van der Waals surface area contributed by atoms with Crippen molar-refractivity contribution in [1.29, 1.82) is 5.26 Å². The van der Waals surface area contributed by atoms with Crippen molar-refractivity contribution in [2.24, 2.45) is 4.99 Å². The number of nitro groups is 1. The number of nitriles is 1. The molecule has 12 heteroatoms. The Morgan fingerprint density at radius 1 is 1.23 bits per heavy atom. The highest BCUT2D eigenvalue weighted by Gasteiger charge is 2.28. The van der Waals surface area contributed by atoms with Crippen LogP contribution in [0.3, 0.4) is 0 Å². The number of carbonyl (C=O) groups is 2. The molecule has 4 rings (SSSR count). The van der Waals surface area contributed by atoms with Gasteiger partial charge in [0.1, 0.15) is 17.4 Å². The van der Waals surface area contributed by atoms with Crippen molar-refractivity contribution in [2.75, 3.05) is 25.0 Å². The van der Waals surface area contributed by atoms with Crippen LogP contribution in [0, 0.1) is 28.5 Å². The van der Waals surface area contributed by atoms with Gasteiger partial charge in [-0.15, -0.1) is 0 Å². The van der Waals surface area contributed by atoms with Gasteiger partial charge in [-0.05, 0) is 62.4 Å². The van der Waals surface area contributed by atoms with E-state index in [0.717, 1.165) is 35.1 Å². The summed E-state index contributed by atoms with van der Waals surface area (Å²) in [4.78, 5) is 42.2. The van der Waals surface area contributed by atoms with Crippen molar-refractivity contribution in [3.8, 4) is 6.19 Å².